The number of amides is 1. The summed E-state index contributed by atoms with van der Waals surface area (Å²) in [5, 5.41) is 5.37. The van der Waals surface area contributed by atoms with Gasteiger partial charge in [-0.05, 0) is 18.9 Å². The first kappa shape index (κ1) is 15.7. The standard InChI is InChI=1S/C17H18N2O3S/c1-11-2-4-12(5-3-11)8-16-19-14(10-23-16)17(21)22-9-13-6-7-15(20)18-13/h2-5,10,13H,6-9H2,1H3,(H,18,20)/t13-/m0/s1. The number of carbonyl (C=O) groups is 2. The fraction of sp³-hybridized carbons (Fsp3) is 0.353. The van der Waals surface area contributed by atoms with Gasteiger partial charge in [0.05, 0.1) is 11.0 Å². The highest BCUT2D eigenvalue weighted by atomic mass is 32.1. The molecule has 1 N–H and O–H groups in total. The zero-order valence-corrected chi connectivity index (χ0v) is 13.7. The van der Waals surface area contributed by atoms with Crippen LogP contribution in [0.3, 0.4) is 0 Å². The Morgan fingerprint density at radius 2 is 2.17 bits per heavy atom. The average Bonchev–Trinajstić information content (AvgIpc) is 3.16. The van der Waals surface area contributed by atoms with E-state index >= 15 is 0 Å². The van der Waals surface area contributed by atoms with E-state index < -0.39 is 5.97 Å². The molecule has 0 aliphatic carbocycles. The van der Waals surface area contributed by atoms with Crippen LogP contribution in [-0.2, 0) is 16.0 Å². The molecule has 1 aliphatic rings. The number of ether oxygens (including phenoxy) is 1. The summed E-state index contributed by atoms with van der Waals surface area (Å²) >= 11 is 1.45. The molecule has 1 fully saturated rings. The van der Waals surface area contributed by atoms with Gasteiger partial charge in [-0.2, -0.15) is 0 Å². The van der Waals surface area contributed by atoms with Crippen LogP contribution in [0.15, 0.2) is 29.6 Å². The third-order valence-electron chi connectivity index (χ3n) is 3.74. The van der Waals surface area contributed by atoms with E-state index in [1.165, 1.54) is 22.5 Å². The number of hydrogen-bond donors (Lipinski definition) is 1. The van der Waals surface area contributed by atoms with Crippen molar-refractivity contribution < 1.29 is 14.3 Å². The number of aryl methyl sites for hydroxylation is 1. The first-order chi connectivity index (χ1) is 11.1. The number of benzene rings is 1. The highest BCUT2D eigenvalue weighted by Crippen LogP contribution is 2.16. The second-order valence-corrected chi connectivity index (χ2v) is 6.63. The zero-order valence-electron chi connectivity index (χ0n) is 12.9. The first-order valence-electron chi connectivity index (χ1n) is 7.56. The molecule has 1 aliphatic heterocycles. The van der Waals surface area contributed by atoms with E-state index in [0.717, 1.165) is 5.01 Å². The van der Waals surface area contributed by atoms with E-state index in [9.17, 15) is 9.59 Å². The molecule has 6 heteroatoms. The molecule has 1 atom stereocenters. The van der Waals surface area contributed by atoms with Gasteiger partial charge in [-0.15, -0.1) is 11.3 Å². The van der Waals surface area contributed by atoms with Crippen molar-refractivity contribution >= 4 is 23.2 Å². The Kier molecular flexibility index (Phi) is 4.71. The molecule has 1 aromatic carbocycles. The molecule has 0 unspecified atom stereocenters. The third kappa shape index (κ3) is 4.16. The van der Waals surface area contributed by atoms with Crippen LogP contribution in [0, 0.1) is 6.92 Å². The molecular weight excluding hydrogens is 312 g/mol. The molecule has 0 saturated carbocycles. The summed E-state index contributed by atoms with van der Waals surface area (Å²) in [7, 11) is 0. The van der Waals surface area contributed by atoms with E-state index in [4.69, 9.17) is 4.74 Å². The van der Waals surface area contributed by atoms with Crippen molar-refractivity contribution in [2.75, 3.05) is 6.61 Å². The number of hydrogen-bond acceptors (Lipinski definition) is 5. The lowest BCUT2D eigenvalue weighted by Gasteiger charge is -2.09. The van der Waals surface area contributed by atoms with E-state index in [1.807, 2.05) is 6.92 Å². The predicted molar refractivity (Wildman–Crippen MR) is 87.5 cm³/mol. The average molecular weight is 330 g/mol. The summed E-state index contributed by atoms with van der Waals surface area (Å²) in [6.07, 6.45) is 1.92. The SMILES string of the molecule is Cc1ccc(Cc2nc(C(=O)OC[C@@H]3CCC(=O)N3)cs2)cc1. The fourth-order valence-corrected chi connectivity index (χ4v) is 3.22. The quantitative estimate of drug-likeness (QED) is 0.855. The zero-order chi connectivity index (χ0) is 16.2. The Morgan fingerprint density at radius 3 is 2.87 bits per heavy atom. The molecule has 1 aromatic heterocycles. The lowest BCUT2D eigenvalue weighted by molar-refractivity contribution is -0.119. The Hall–Kier alpha value is -2.21. The minimum absolute atomic E-state index is 0.0140. The fourth-order valence-electron chi connectivity index (χ4n) is 2.42. The van der Waals surface area contributed by atoms with E-state index in [-0.39, 0.29) is 18.6 Å². The van der Waals surface area contributed by atoms with Crippen molar-refractivity contribution in [3.63, 3.8) is 0 Å². The maximum Gasteiger partial charge on any atom is 0.357 e. The largest absolute Gasteiger partial charge is 0.459 e. The van der Waals surface area contributed by atoms with E-state index in [2.05, 4.69) is 34.6 Å². The van der Waals surface area contributed by atoms with E-state index in [0.29, 0.717) is 25.0 Å². The van der Waals surface area contributed by atoms with Crippen LogP contribution in [0.2, 0.25) is 0 Å². The van der Waals surface area contributed by atoms with Gasteiger partial charge in [-0.3, -0.25) is 4.79 Å². The van der Waals surface area contributed by atoms with Crippen LogP contribution in [0.1, 0.15) is 39.5 Å². The van der Waals surface area contributed by atoms with Gasteiger partial charge >= 0.3 is 5.97 Å². The topological polar surface area (TPSA) is 68.3 Å². The van der Waals surface area contributed by atoms with Crippen molar-refractivity contribution in [3.05, 3.63) is 51.5 Å². The van der Waals surface area contributed by atoms with Gasteiger partial charge in [0.1, 0.15) is 6.61 Å². The molecule has 3 rings (SSSR count). The second-order valence-electron chi connectivity index (χ2n) is 5.69. The van der Waals surface area contributed by atoms with Crippen LogP contribution in [0.4, 0.5) is 0 Å². The summed E-state index contributed by atoms with van der Waals surface area (Å²) in [4.78, 5) is 27.5. The molecular formula is C17H18N2O3S. The number of thiazole rings is 1. The smallest absolute Gasteiger partial charge is 0.357 e. The minimum atomic E-state index is -0.433. The van der Waals surface area contributed by atoms with Crippen LogP contribution >= 0.6 is 11.3 Å². The monoisotopic (exact) mass is 330 g/mol. The first-order valence-corrected chi connectivity index (χ1v) is 8.44. The molecule has 0 spiro atoms. The lowest BCUT2D eigenvalue weighted by Crippen LogP contribution is -2.30. The Morgan fingerprint density at radius 1 is 1.39 bits per heavy atom. The Labute approximate surface area is 138 Å². The molecule has 2 heterocycles. The van der Waals surface area contributed by atoms with Gasteiger partial charge in [0.2, 0.25) is 5.91 Å². The van der Waals surface area contributed by atoms with Gasteiger partial charge in [-0.1, -0.05) is 29.8 Å². The maximum absolute atomic E-state index is 12.0. The highest BCUT2D eigenvalue weighted by molar-refractivity contribution is 7.09. The number of nitrogens with zero attached hydrogens (tertiary/aromatic N) is 1. The number of esters is 1. The van der Waals surface area contributed by atoms with Crippen molar-refractivity contribution in [1.82, 2.24) is 10.3 Å². The summed E-state index contributed by atoms with van der Waals surface area (Å²) in [6.45, 7) is 2.25. The van der Waals surface area contributed by atoms with Crippen LogP contribution in [-0.4, -0.2) is 29.5 Å². The van der Waals surface area contributed by atoms with Crippen molar-refractivity contribution in [3.8, 4) is 0 Å². The maximum atomic E-state index is 12.0. The Balaban J connectivity index is 1.54. The number of rotatable bonds is 5. The molecule has 1 amide bonds. The summed E-state index contributed by atoms with van der Waals surface area (Å²) in [5.74, 6) is -0.419. The molecule has 1 saturated heterocycles. The van der Waals surface area contributed by atoms with Crippen molar-refractivity contribution in [2.24, 2.45) is 0 Å². The van der Waals surface area contributed by atoms with Crippen LogP contribution in [0.5, 0.6) is 0 Å². The summed E-state index contributed by atoms with van der Waals surface area (Å²) in [6, 6.07) is 8.19. The lowest BCUT2D eigenvalue weighted by atomic mass is 10.1. The normalized spacial score (nSPS) is 17.1. The molecule has 2 aromatic rings. The molecule has 0 bridgehead atoms. The third-order valence-corrected chi connectivity index (χ3v) is 4.59. The van der Waals surface area contributed by atoms with Crippen LogP contribution in [0.25, 0.3) is 0 Å². The number of aromatic nitrogens is 1. The Bertz CT molecular complexity index is 709. The van der Waals surface area contributed by atoms with Gasteiger partial charge in [0.25, 0.3) is 0 Å². The second kappa shape index (κ2) is 6.91. The van der Waals surface area contributed by atoms with Gasteiger partial charge in [0.15, 0.2) is 5.69 Å². The highest BCUT2D eigenvalue weighted by Gasteiger charge is 2.22. The molecule has 23 heavy (non-hydrogen) atoms. The van der Waals surface area contributed by atoms with Gasteiger partial charge < -0.3 is 10.1 Å². The number of carbonyl (C=O) groups excluding carboxylic acids is 2. The summed E-state index contributed by atoms with van der Waals surface area (Å²) in [5.41, 5.74) is 2.72. The van der Waals surface area contributed by atoms with Gasteiger partial charge in [0, 0.05) is 18.2 Å². The van der Waals surface area contributed by atoms with Crippen molar-refractivity contribution in [1.29, 1.82) is 0 Å². The number of nitrogens with one attached hydrogen (secondary N) is 1. The van der Waals surface area contributed by atoms with E-state index in [1.54, 1.807) is 5.38 Å². The predicted octanol–water partition coefficient (Wildman–Crippen LogP) is 2.48. The molecule has 5 nitrogen and oxygen atoms in total. The van der Waals surface area contributed by atoms with Gasteiger partial charge in [-0.25, -0.2) is 9.78 Å². The van der Waals surface area contributed by atoms with Crippen molar-refractivity contribution in [2.45, 2.75) is 32.2 Å². The minimum Gasteiger partial charge on any atom is -0.459 e. The van der Waals surface area contributed by atoms with Crippen LogP contribution < -0.4 is 5.32 Å². The molecule has 120 valence electrons. The summed E-state index contributed by atoms with van der Waals surface area (Å²) < 4.78 is 5.23. The molecule has 0 radical (unpaired) electrons.